The Morgan fingerprint density at radius 2 is 1.80 bits per heavy atom. The van der Waals surface area contributed by atoms with Crippen LogP contribution in [0.3, 0.4) is 0 Å². The maximum atomic E-state index is 12.0. The average molecular weight is 341 g/mol. The molecular formula is C17H15N3O5. The van der Waals surface area contributed by atoms with Crippen molar-refractivity contribution in [2.45, 2.75) is 18.9 Å². The number of carboxylic acids is 1. The normalized spacial score (nSPS) is 16.3. The van der Waals surface area contributed by atoms with Crippen LogP contribution < -0.4 is 16.2 Å². The first kappa shape index (κ1) is 16.4. The summed E-state index contributed by atoms with van der Waals surface area (Å²) in [6, 6.07) is 8.93. The van der Waals surface area contributed by atoms with Crippen LogP contribution in [-0.4, -0.2) is 33.9 Å². The summed E-state index contributed by atoms with van der Waals surface area (Å²) in [6.45, 7) is 0. The molecule has 0 spiro atoms. The monoisotopic (exact) mass is 341 g/mol. The minimum atomic E-state index is -1.29. The number of anilines is 1. The van der Waals surface area contributed by atoms with Crippen molar-refractivity contribution in [2.75, 3.05) is 5.32 Å². The molecule has 25 heavy (non-hydrogen) atoms. The maximum absolute atomic E-state index is 12.0. The van der Waals surface area contributed by atoms with Crippen molar-refractivity contribution in [1.82, 2.24) is 10.3 Å². The number of benzene rings is 1. The van der Waals surface area contributed by atoms with E-state index in [4.69, 9.17) is 5.11 Å². The van der Waals surface area contributed by atoms with Crippen molar-refractivity contribution in [3.63, 3.8) is 0 Å². The molecule has 128 valence electrons. The molecule has 0 unspecified atom stereocenters. The van der Waals surface area contributed by atoms with Crippen LogP contribution in [0.1, 0.15) is 23.2 Å². The van der Waals surface area contributed by atoms with Crippen LogP contribution in [0.15, 0.2) is 41.2 Å². The number of carbonyl (C=O) groups excluding carboxylic acids is 2. The maximum Gasteiger partial charge on any atom is 0.341 e. The molecule has 1 atom stereocenters. The van der Waals surface area contributed by atoms with Gasteiger partial charge in [0, 0.05) is 17.8 Å². The molecule has 0 radical (unpaired) electrons. The molecule has 1 aliphatic heterocycles. The van der Waals surface area contributed by atoms with E-state index in [0.29, 0.717) is 29.8 Å². The van der Waals surface area contributed by atoms with Crippen LogP contribution in [-0.2, 0) is 9.59 Å². The highest BCUT2D eigenvalue weighted by Gasteiger charge is 2.27. The van der Waals surface area contributed by atoms with E-state index in [9.17, 15) is 19.2 Å². The molecule has 1 aromatic heterocycles. The molecule has 0 aliphatic carbocycles. The largest absolute Gasteiger partial charge is 0.477 e. The van der Waals surface area contributed by atoms with E-state index in [-0.39, 0.29) is 17.4 Å². The lowest BCUT2D eigenvalue weighted by molar-refractivity contribution is -0.122. The first-order chi connectivity index (χ1) is 11.9. The standard InChI is InChI=1S/C17H15N3O5/c21-14-8-7-13(19-14)16(23)18-10-3-1-9(2-4-10)12-6-5-11(17(24)25)15(22)20-12/h1-6,13H,7-8H2,(H,18,23)(H,19,21)(H,20,22)(H,24,25)/t13-/m0/s1. The van der Waals surface area contributed by atoms with E-state index < -0.39 is 17.6 Å². The number of aromatic carboxylic acids is 1. The van der Waals surface area contributed by atoms with Gasteiger partial charge in [-0.1, -0.05) is 12.1 Å². The minimum absolute atomic E-state index is 0.135. The molecule has 1 aromatic carbocycles. The van der Waals surface area contributed by atoms with Crippen LogP contribution in [0.25, 0.3) is 11.3 Å². The number of carbonyl (C=O) groups is 3. The van der Waals surface area contributed by atoms with Gasteiger partial charge in [0.25, 0.3) is 5.56 Å². The number of aromatic nitrogens is 1. The van der Waals surface area contributed by atoms with E-state index in [1.807, 2.05) is 0 Å². The Morgan fingerprint density at radius 3 is 2.36 bits per heavy atom. The van der Waals surface area contributed by atoms with E-state index in [2.05, 4.69) is 15.6 Å². The first-order valence-corrected chi connectivity index (χ1v) is 7.61. The van der Waals surface area contributed by atoms with Crippen molar-refractivity contribution in [2.24, 2.45) is 0 Å². The van der Waals surface area contributed by atoms with Gasteiger partial charge >= 0.3 is 5.97 Å². The van der Waals surface area contributed by atoms with Gasteiger partial charge in [0.15, 0.2) is 0 Å². The summed E-state index contributed by atoms with van der Waals surface area (Å²) in [4.78, 5) is 48.3. The van der Waals surface area contributed by atoms with Crippen molar-refractivity contribution in [1.29, 1.82) is 0 Å². The summed E-state index contributed by atoms with van der Waals surface area (Å²) in [5.74, 6) is -1.70. The number of hydrogen-bond donors (Lipinski definition) is 4. The Labute approximate surface area is 141 Å². The van der Waals surface area contributed by atoms with Gasteiger partial charge in [0.05, 0.1) is 0 Å². The molecule has 2 heterocycles. The lowest BCUT2D eigenvalue weighted by atomic mass is 10.1. The van der Waals surface area contributed by atoms with Crippen LogP contribution >= 0.6 is 0 Å². The molecule has 0 bridgehead atoms. The highest BCUT2D eigenvalue weighted by Crippen LogP contribution is 2.19. The predicted molar refractivity (Wildman–Crippen MR) is 89.3 cm³/mol. The SMILES string of the molecule is O=C1CC[C@@H](C(=O)Nc2ccc(-c3ccc(C(=O)O)c(=O)[nH]3)cc2)N1. The van der Waals surface area contributed by atoms with Gasteiger partial charge < -0.3 is 20.7 Å². The van der Waals surface area contributed by atoms with Crippen molar-refractivity contribution >= 4 is 23.5 Å². The van der Waals surface area contributed by atoms with Crippen LogP contribution in [0, 0.1) is 0 Å². The summed E-state index contributed by atoms with van der Waals surface area (Å²) in [5, 5.41) is 14.2. The zero-order valence-electron chi connectivity index (χ0n) is 13.0. The van der Waals surface area contributed by atoms with E-state index in [1.54, 1.807) is 24.3 Å². The van der Waals surface area contributed by atoms with Crippen LogP contribution in [0.5, 0.6) is 0 Å². The number of nitrogens with one attached hydrogen (secondary N) is 3. The molecule has 0 saturated carbocycles. The third-order valence-electron chi connectivity index (χ3n) is 3.92. The summed E-state index contributed by atoms with van der Waals surface area (Å²) in [6.07, 6.45) is 0.816. The van der Waals surface area contributed by atoms with Crippen molar-refractivity contribution in [3.8, 4) is 11.3 Å². The fourth-order valence-electron chi connectivity index (χ4n) is 2.58. The molecule has 2 aromatic rings. The topological polar surface area (TPSA) is 128 Å². The number of rotatable bonds is 4. The fourth-order valence-corrected chi connectivity index (χ4v) is 2.58. The predicted octanol–water partition coefficient (Wildman–Crippen LogP) is 0.957. The van der Waals surface area contributed by atoms with Gasteiger partial charge in [-0.05, 0) is 36.2 Å². The zero-order chi connectivity index (χ0) is 18.0. The summed E-state index contributed by atoms with van der Waals surface area (Å²) < 4.78 is 0. The molecular weight excluding hydrogens is 326 g/mol. The Bertz CT molecular complexity index is 901. The molecule has 3 rings (SSSR count). The minimum Gasteiger partial charge on any atom is -0.477 e. The summed E-state index contributed by atoms with van der Waals surface area (Å²) in [7, 11) is 0. The van der Waals surface area contributed by atoms with E-state index in [1.165, 1.54) is 12.1 Å². The van der Waals surface area contributed by atoms with Crippen LogP contribution in [0.4, 0.5) is 5.69 Å². The van der Waals surface area contributed by atoms with Gasteiger partial charge in [-0.15, -0.1) is 0 Å². The van der Waals surface area contributed by atoms with Gasteiger partial charge in [-0.25, -0.2) is 4.79 Å². The molecule has 8 heteroatoms. The molecule has 2 amide bonds. The second kappa shape index (κ2) is 6.60. The fraction of sp³-hybridized carbons (Fsp3) is 0.176. The Hall–Kier alpha value is -3.42. The number of H-pyrrole nitrogens is 1. The van der Waals surface area contributed by atoms with Gasteiger partial charge in [0.1, 0.15) is 11.6 Å². The quantitative estimate of drug-likeness (QED) is 0.658. The van der Waals surface area contributed by atoms with Gasteiger partial charge in [-0.3, -0.25) is 14.4 Å². The number of carboxylic acid groups (broad SMARTS) is 1. The average Bonchev–Trinajstić information content (AvgIpc) is 3.02. The zero-order valence-corrected chi connectivity index (χ0v) is 13.0. The van der Waals surface area contributed by atoms with Crippen molar-refractivity contribution < 1.29 is 19.5 Å². The van der Waals surface area contributed by atoms with Crippen molar-refractivity contribution in [3.05, 3.63) is 52.3 Å². The summed E-state index contributed by atoms with van der Waals surface area (Å²) in [5.41, 5.74) is 0.683. The Balaban J connectivity index is 1.73. The lowest BCUT2D eigenvalue weighted by Gasteiger charge is -2.11. The van der Waals surface area contributed by atoms with Gasteiger partial charge in [-0.2, -0.15) is 0 Å². The number of amides is 2. The van der Waals surface area contributed by atoms with E-state index >= 15 is 0 Å². The smallest absolute Gasteiger partial charge is 0.341 e. The second-order valence-electron chi connectivity index (χ2n) is 5.65. The number of aromatic amines is 1. The Morgan fingerprint density at radius 1 is 1.08 bits per heavy atom. The molecule has 1 aliphatic rings. The Kier molecular flexibility index (Phi) is 4.34. The van der Waals surface area contributed by atoms with Gasteiger partial charge in [0.2, 0.25) is 11.8 Å². The third kappa shape index (κ3) is 3.57. The highest BCUT2D eigenvalue weighted by atomic mass is 16.4. The second-order valence-corrected chi connectivity index (χ2v) is 5.65. The number of hydrogen-bond acceptors (Lipinski definition) is 4. The number of pyridine rings is 1. The third-order valence-corrected chi connectivity index (χ3v) is 3.92. The van der Waals surface area contributed by atoms with Crippen LogP contribution in [0.2, 0.25) is 0 Å². The molecule has 4 N–H and O–H groups in total. The molecule has 8 nitrogen and oxygen atoms in total. The first-order valence-electron chi connectivity index (χ1n) is 7.61. The van der Waals surface area contributed by atoms with E-state index in [0.717, 1.165) is 0 Å². The molecule has 1 saturated heterocycles. The lowest BCUT2D eigenvalue weighted by Crippen LogP contribution is -2.37. The highest BCUT2D eigenvalue weighted by molar-refractivity contribution is 5.99. The summed E-state index contributed by atoms with van der Waals surface area (Å²) >= 11 is 0. The molecule has 1 fully saturated rings.